The van der Waals surface area contributed by atoms with Crippen LogP contribution in [0, 0.1) is 5.92 Å². The topological polar surface area (TPSA) is 72.8 Å². The van der Waals surface area contributed by atoms with Crippen molar-refractivity contribution in [1.82, 2.24) is 10.2 Å². The number of nitrogens with one attached hydrogen (secondary N) is 1. The van der Waals surface area contributed by atoms with E-state index in [1.807, 2.05) is 0 Å². The highest BCUT2D eigenvalue weighted by molar-refractivity contribution is 5.73. The second kappa shape index (κ2) is 6.18. The Bertz CT molecular complexity index is 233. The van der Waals surface area contributed by atoms with Gasteiger partial charge in [0, 0.05) is 38.5 Å². The summed E-state index contributed by atoms with van der Waals surface area (Å²) in [7, 11) is 0. The fourth-order valence-corrected chi connectivity index (χ4v) is 2.16. The van der Waals surface area contributed by atoms with E-state index in [-0.39, 0.29) is 24.5 Å². The lowest BCUT2D eigenvalue weighted by molar-refractivity contribution is -0.132. The number of carbonyl (C=O) groups is 1. The second-order valence-electron chi connectivity index (χ2n) is 4.54. The first kappa shape index (κ1) is 13.4. The third-order valence-electron chi connectivity index (χ3n) is 3.16. The molecule has 0 aromatic carbocycles. The molecule has 3 atom stereocenters. The van der Waals surface area contributed by atoms with Crippen LogP contribution in [0.25, 0.3) is 0 Å². The van der Waals surface area contributed by atoms with Gasteiger partial charge in [0.2, 0.25) is 5.91 Å². The van der Waals surface area contributed by atoms with Gasteiger partial charge in [0.05, 0.1) is 12.7 Å². The molecule has 3 N–H and O–H groups in total. The van der Waals surface area contributed by atoms with E-state index in [0.29, 0.717) is 19.6 Å². The molecule has 5 nitrogen and oxygen atoms in total. The molecule has 94 valence electrons. The molecular weight excluding hydrogens is 208 g/mol. The van der Waals surface area contributed by atoms with Gasteiger partial charge in [-0.2, -0.15) is 0 Å². The average molecular weight is 230 g/mol. The highest BCUT2D eigenvalue weighted by Gasteiger charge is 2.30. The molecule has 16 heavy (non-hydrogen) atoms. The van der Waals surface area contributed by atoms with E-state index in [2.05, 4.69) is 5.32 Å². The van der Waals surface area contributed by atoms with Crippen molar-refractivity contribution in [2.45, 2.75) is 32.4 Å². The molecule has 1 fully saturated rings. The van der Waals surface area contributed by atoms with Crippen LogP contribution in [0.1, 0.15) is 20.3 Å². The maximum absolute atomic E-state index is 11.4. The molecule has 0 spiro atoms. The lowest BCUT2D eigenvalue weighted by Gasteiger charge is -2.39. The van der Waals surface area contributed by atoms with Gasteiger partial charge >= 0.3 is 0 Å². The number of hydrogen-bond acceptors (Lipinski definition) is 4. The Labute approximate surface area is 96.4 Å². The quantitative estimate of drug-likeness (QED) is 0.590. The number of aliphatic hydroxyl groups is 2. The summed E-state index contributed by atoms with van der Waals surface area (Å²) >= 11 is 0. The lowest BCUT2D eigenvalue weighted by Crippen LogP contribution is -2.53. The monoisotopic (exact) mass is 230 g/mol. The lowest BCUT2D eigenvalue weighted by atomic mass is 9.90. The van der Waals surface area contributed by atoms with E-state index >= 15 is 0 Å². The summed E-state index contributed by atoms with van der Waals surface area (Å²) in [5, 5.41) is 21.5. The molecule has 0 saturated carbocycles. The molecule has 3 unspecified atom stereocenters. The van der Waals surface area contributed by atoms with Gasteiger partial charge in [-0.15, -0.1) is 0 Å². The van der Waals surface area contributed by atoms with Crippen LogP contribution in [-0.2, 0) is 4.79 Å². The molecule has 0 bridgehead atoms. The minimum Gasteiger partial charge on any atom is -0.395 e. The van der Waals surface area contributed by atoms with Crippen molar-refractivity contribution in [3.8, 4) is 0 Å². The van der Waals surface area contributed by atoms with Crippen molar-refractivity contribution >= 4 is 5.91 Å². The predicted octanol–water partition coefficient (Wildman–Crippen LogP) is -0.814. The third kappa shape index (κ3) is 3.73. The fourth-order valence-electron chi connectivity index (χ4n) is 2.16. The SMILES string of the molecule is CC(=O)N1CC(NCCO)CC(C(C)O)C1. The summed E-state index contributed by atoms with van der Waals surface area (Å²) < 4.78 is 0. The molecule has 0 aromatic rings. The predicted molar refractivity (Wildman–Crippen MR) is 60.9 cm³/mol. The van der Waals surface area contributed by atoms with E-state index in [9.17, 15) is 9.90 Å². The van der Waals surface area contributed by atoms with Gasteiger partial charge in [0.1, 0.15) is 0 Å². The largest absolute Gasteiger partial charge is 0.395 e. The van der Waals surface area contributed by atoms with Gasteiger partial charge in [0.25, 0.3) is 0 Å². The summed E-state index contributed by atoms with van der Waals surface area (Å²) in [5.74, 6) is 0.162. The normalized spacial score (nSPS) is 27.9. The Balaban J connectivity index is 2.55. The highest BCUT2D eigenvalue weighted by Crippen LogP contribution is 2.20. The second-order valence-corrected chi connectivity index (χ2v) is 4.54. The number of amides is 1. The van der Waals surface area contributed by atoms with Gasteiger partial charge in [-0.1, -0.05) is 0 Å². The van der Waals surface area contributed by atoms with Crippen LogP contribution in [-0.4, -0.2) is 59.4 Å². The Kier molecular flexibility index (Phi) is 5.18. The van der Waals surface area contributed by atoms with Crippen LogP contribution in [0.2, 0.25) is 0 Å². The zero-order chi connectivity index (χ0) is 12.1. The van der Waals surface area contributed by atoms with Crippen molar-refractivity contribution in [2.24, 2.45) is 5.92 Å². The Morgan fingerprint density at radius 3 is 2.75 bits per heavy atom. The van der Waals surface area contributed by atoms with E-state index < -0.39 is 6.10 Å². The van der Waals surface area contributed by atoms with E-state index in [1.165, 1.54) is 0 Å². The van der Waals surface area contributed by atoms with Crippen molar-refractivity contribution in [3.05, 3.63) is 0 Å². The molecule has 1 aliphatic heterocycles. The number of hydrogen-bond donors (Lipinski definition) is 3. The van der Waals surface area contributed by atoms with Gasteiger partial charge in [-0.25, -0.2) is 0 Å². The number of piperidine rings is 1. The van der Waals surface area contributed by atoms with Gasteiger partial charge < -0.3 is 20.4 Å². The molecule has 1 saturated heterocycles. The highest BCUT2D eigenvalue weighted by atomic mass is 16.3. The molecular formula is C11H22N2O3. The number of likely N-dealkylation sites (tertiary alicyclic amines) is 1. The first-order valence-corrected chi connectivity index (χ1v) is 5.82. The fraction of sp³-hybridized carbons (Fsp3) is 0.909. The number of rotatable bonds is 4. The van der Waals surface area contributed by atoms with Crippen LogP contribution in [0.5, 0.6) is 0 Å². The van der Waals surface area contributed by atoms with Crippen molar-refractivity contribution < 1.29 is 15.0 Å². The molecule has 5 heteroatoms. The minimum absolute atomic E-state index is 0.0427. The van der Waals surface area contributed by atoms with Crippen molar-refractivity contribution in [3.63, 3.8) is 0 Å². The molecule has 1 rings (SSSR count). The molecule has 0 aliphatic carbocycles. The van der Waals surface area contributed by atoms with Crippen LogP contribution in [0.3, 0.4) is 0 Å². The summed E-state index contributed by atoms with van der Waals surface area (Å²) in [4.78, 5) is 13.1. The summed E-state index contributed by atoms with van der Waals surface area (Å²) in [6, 6.07) is 0.171. The standard InChI is InChI=1S/C11H22N2O3/c1-8(15)10-5-11(12-3-4-14)7-13(6-10)9(2)16/h8,10-12,14-15H,3-7H2,1-2H3. The first-order valence-electron chi connectivity index (χ1n) is 5.82. The number of nitrogens with zero attached hydrogens (tertiary/aromatic N) is 1. The summed E-state index contributed by atoms with van der Waals surface area (Å²) in [6.45, 7) is 5.23. The smallest absolute Gasteiger partial charge is 0.219 e. The van der Waals surface area contributed by atoms with E-state index in [1.54, 1.807) is 18.7 Å². The molecule has 1 heterocycles. The summed E-state index contributed by atoms with van der Waals surface area (Å²) in [5.41, 5.74) is 0. The number of carbonyl (C=O) groups excluding carboxylic acids is 1. The van der Waals surface area contributed by atoms with Gasteiger partial charge in [0.15, 0.2) is 0 Å². The molecule has 1 aliphatic rings. The maximum atomic E-state index is 11.4. The third-order valence-corrected chi connectivity index (χ3v) is 3.16. The Morgan fingerprint density at radius 1 is 1.56 bits per heavy atom. The Morgan fingerprint density at radius 2 is 2.25 bits per heavy atom. The zero-order valence-electron chi connectivity index (χ0n) is 10.0. The van der Waals surface area contributed by atoms with Crippen LogP contribution >= 0.6 is 0 Å². The average Bonchev–Trinajstić information content (AvgIpc) is 2.25. The summed E-state index contributed by atoms with van der Waals surface area (Å²) in [6.07, 6.45) is 0.446. The molecule has 0 aromatic heterocycles. The molecule has 1 amide bonds. The van der Waals surface area contributed by atoms with E-state index in [0.717, 1.165) is 6.42 Å². The van der Waals surface area contributed by atoms with Gasteiger partial charge in [-0.3, -0.25) is 4.79 Å². The Hall–Kier alpha value is -0.650. The first-order chi connectivity index (χ1) is 7.54. The van der Waals surface area contributed by atoms with E-state index in [4.69, 9.17) is 5.11 Å². The molecule has 0 radical (unpaired) electrons. The number of aliphatic hydroxyl groups excluding tert-OH is 2. The van der Waals surface area contributed by atoms with Crippen LogP contribution in [0.4, 0.5) is 0 Å². The van der Waals surface area contributed by atoms with Crippen molar-refractivity contribution in [2.75, 3.05) is 26.2 Å². The zero-order valence-corrected chi connectivity index (χ0v) is 10.0. The van der Waals surface area contributed by atoms with Gasteiger partial charge in [-0.05, 0) is 13.3 Å². The van der Waals surface area contributed by atoms with Crippen molar-refractivity contribution in [1.29, 1.82) is 0 Å². The minimum atomic E-state index is -0.402. The van der Waals surface area contributed by atoms with Crippen LogP contribution < -0.4 is 5.32 Å². The maximum Gasteiger partial charge on any atom is 0.219 e. The van der Waals surface area contributed by atoms with Crippen LogP contribution in [0.15, 0.2) is 0 Å².